The third-order valence-electron chi connectivity index (χ3n) is 2.96. The van der Waals surface area contributed by atoms with Gasteiger partial charge in [-0.25, -0.2) is 0 Å². The highest BCUT2D eigenvalue weighted by Crippen LogP contribution is 2.26. The first-order valence-electron chi connectivity index (χ1n) is 5.49. The van der Waals surface area contributed by atoms with E-state index >= 15 is 0 Å². The molecule has 1 amide bonds. The summed E-state index contributed by atoms with van der Waals surface area (Å²) in [6.45, 7) is 5.40. The first-order chi connectivity index (χ1) is 8.31. The maximum atomic E-state index is 12.1. The Morgan fingerprint density at radius 1 is 1.44 bits per heavy atom. The smallest absolute Gasteiger partial charge is 0.254 e. The number of benzene rings is 1. The van der Waals surface area contributed by atoms with E-state index in [2.05, 4.69) is 11.4 Å². The molecule has 1 aromatic carbocycles. The quantitative estimate of drug-likeness (QED) is 0.921. The molecule has 0 aliphatic heterocycles. The molecule has 0 aliphatic carbocycles. The van der Waals surface area contributed by atoms with E-state index in [0.29, 0.717) is 5.02 Å². The van der Waals surface area contributed by atoms with E-state index < -0.39 is 11.4 Å². The van der Waals surface area contributed by atoms with Gasteiger partial charge < -0.3 is 5.32 Å². The number of halogens is 2. The van der Waals surface area contributed by atoms with Crippen molar-refractivity contribution in [2.24, 2.45) is 5.92 Å². The zero-order valence-electron chi connectivity index (χ0n) is 10.4. The van der Waals surface area contributed by atoms with Gasteiger partial charge in [-0.2, -0.15) is 5.26 Å². The van der Waals surface area contributed by atoms with Gasteiger partial charge in [-0.1, -0.05) is 43.1 Å². The lowest BCUT2D eigenvalue weighted by Crippen LogP contribution is -2.48. The molecule has 18 heavy (non-hydrogen) atoms. The highest BCUT2D eigenvalue weighted by molar-refractivity contribution is 6.43. The molecule has 0 bridgehead atoms. The van der Waals surface area contributed by atoms with Gasteiger partial charge in [0, 0.05) is 0 Å². The van der Waals surface area contributed by atoms with Gasteiger partial charge in [-0.05, 0) is 25.0 Å². The van der Waals surface area contributed by atoms with Crippen LogP contribution in [0.15, 0.2) is 18.2 Å². The molecule has 96 valence electrons. The van der Waals surface area contributed by atoms with Gasteiger partial charge in [0.2, 0.25) is 0 Å². The van der Waals surface area contributed by atoms with Crippen LogP contribution < -0.4 is 5.32 Å². The number of rotatable bonds is 3. The molecule has 0 spiro atoms. The molecular formula is C13H14Cl2N2O. The van der Waals surface area contributed by atoms with Crippen LogP contribution in [0.2, 0.25) is 10.0 Å². The second-order valence-electron chi connectivity index (χ2n) is 4.52. The topological polar surface area (TPSA) is 52.9 Å². The molecule has 0 radical (unpaired) electrons. The number of hydrogen-bond donors (Lipinski definition) is 1. The Labute approximate surface area is 117 Å². The van der Waals surface area contributed by atoms with Crippen molar-refractivity contribution in [3.63, 3.8) is 0 Å². The summed E-state index contributed by atoms with van der Waals surface area (Å²) in [5, 5.41) is 12.3. The van der Waals surface area contributed by atoms with E-state index in [4.69, 9.17) is 28.5 Å². The van der Waals surface area contributed by atoms with Crippen molar-refractivity contribution in [2.75, 3.05) is 0 Å². The lowest BCUT2D eigenvalue weighted by atomic mass is 9.90. The normalized spacial score (nSPS) is 13.8. The Hall–Kier alpha value is -1.24. The molecule has 1 rings (SSSR count). The van der Waals surface area contributed by atoms with Gasteiger partial charge in [0.25, 0.3) is 5.91 Å². The minimum absolute atomic E-state index is 0.0237. The van der Waals surface area contributed by atoms with E-state index in [1.807, 2.05) is 13.8 Å². The fourth-order valence-corrected chi connectivity index (χ4v) is 1.67. The monoisotopic (exact) mass is 284 g/mol. The minimum atomic E-state index is -0.942. The lowest BCUT2D eigenvalue weighted by molar-refractivity contribution is 0.0908. The third-order valence-corrected chi connectivity index (χ3v) is 3.78. The summed E-state index contributed by atoms with van der Waals surface area (Å²) >= 11 is 11.8. The molecule has 0 aromatic heterocycles. The standard InChI is InChI=1S/C13H14Cl2N2O/c1-8(2)13(3,7-16)17-12(18)9-5-4-6-10(14)11(9)15/h4-6,8H,1-3H3,(H,17,18)/t13-/m0/s1. The van der Waals surface area contributed by atoms with Gasteiger partial charge >= 0.3 is 0 Å². The van der Waals surface area contributed by atoms with Crippen LogP contribution in [-0.2, 0) is 0 Å². The predicted octanol–water partition coefficient (Wildman–Crippen LogP) is 3.66. The molecule has 1 atom stereocenters. The second-order valence-corrected chi connectivity index (χ2v) is 5.31. The lowest BCUT2D eigenvalue weighted by Gasteiger charge is -2.27. The summed E-state index contributed by atoms with van der Waals surface area (Å²) in [6, 6.07) is 6.92. The van der Waals surface area contributed by atoms with Crippen molar-refractivity contribution in [2.45, 2.75) is 26.3 Å². The van der Waals surface area contributed by atoms with Crippen molar-refractivity contribution in [1.82, 2.24) is 5.32 Å². The Kier molecular flexibility index (Phi) is 4.61. The number of nitrogens with one attached hydrogen (secondary N) is 1. The summed E-state index contributed by atoms with van der Waals surface area (Å²) in [5.41, 5.74) is -0.672. The van der Waals surface area contributed by atoms with Gasteiger partial charge in [0.15, 0.2) is 0 Å². The summed E-state index contributed by atoms with van der Waals surface area (Å²) in [7, 11) is 0. The maximum Gasteiger partial charge on any atom is 0.254 e. The average Bonchev–Trinajstić information content (AvgIpc) is 2.32. The van der Waals surface area contributed by atoms with Gasteiger partial charge in [0.05, 0.1) is 21.7 Å². The van der Waals surface area contributed by atoms with Gasteiger partial charge in [-0.15, -0.1) is 0 Å². The molecule has 1 N–H and O–H groups in total. The van der Waals surface area contributed by atoms with Crippen LogP contribution >= 0.6 is 23.2 Å². The van der Waals surface area contributed by atoms with Crippen LogP contribution in [-0.4, -0.2) is 11.4 Å². The van der Waals surface area contributed by atoms with Crippen LogP contribution in [0.3, 0.4) is 0 Å². The minimum Gasteiger partial charge on any atom is -0.334 e. The third kappa shape index (κ3) is 2.95. The molecule has 0 unspecified atom stereocenters. The first kappa shape index (κ1) is 14.8. The van der Waals surface area contributed by atoms with E-state index in [9.17, 15) is 4.79 Å². The predicted molar refractivity (Wildman–Crippen MR) is 72.8 cm³/mol. The largest absolute Gasteiger partial charge is 0.334 e. The zero-order valence-corrected chi connectivity index (χ0v) is 11.9. The van der Waals surface area contributed by atoms with Crippen LogP contribution in [0, 0.1) is 17.2 Å². The summed E-state index contributed by atoms with van der Waals surface area (Å²) in [4.78, 5) is 12.1. The molecule has 0 saturated heterocycles. The second kappa shape index (κ2) is 5.60. The van der Waals surface area contributed by atoms with Crippen molar-refractivity contribution in [3.05, 3.63) is 33.8 Å². The fraction of sp³-hybridized carbons (Fsp3) is 0.385. The first-order valence-corrected chi connectivity index (χ1v) is 6.25. The number of nitriles is 1. The van der Waals surface area contributed by atoms with Crippen molar-refractivity contribution in [3.8, 4) is 6.07 Å². The van der Waals surface area contributed by atoms with Crippen LogP contribution in [0.4, 0.5) is 0 Å². The van der Waals surface area contributed by atoms with Crippen LogP contribution in [0.25, 0.3) is 0 Å². The van der Waals surface area contributed by atoms with E-state index in [-0.39, 0.29) is 16.5 Å². The Morgan fingerprint density at radius 3 is 2.56 bits per heavy atom. The SMILES string of the molecule is CC(C)[C@](C)(C#N)NC(=O)c1cccc(Cl)c1Cl. The van der Waals surface area contributed by atoms with Crippen molar-refractivity contribution >= 4 is 29.1 Å². The molecule has 0 saturated carbocycles. The summed E-state index contributed by atoms with van der Waals surface area (Å²) < 4.78 is 0. The highest BCUT2D eigenvalue weighted by atomic mass is 35.5. The van der Waals surface area contributed by atoms with Crippen molar-refractivity contribution < 1.29 is 4.79 Å². The molecule has 0 heterocycles. The summed E-state index contributed by atoms with van der Waals surface area (Å²) in [5.74, 6) is -0.426. The zero-order chi connectivity index (χ0) is 13.9. The molecule has 1 aromatic rings. The molecule has 0 fully saturated rings. The van der Waals surface area contributed by atoms with Gasteiger partial charge in [-0.3, -0.25) is 4.79 Å². The fourth-order valence-electron chi connectivity index (χ4n) is 1.28. The van der Waals surface area contributed by atoms with Gasteiger partial charge in [0.1, 0.15) is 5.54 Å². The molecule has 3 nitrogen and oxygen atoms in total. The average molecular weight is 285 g/mol. The number of amides is 1. The molecular weight excluding hydrogens is 271 g/mol. The van der Waals surface area contributed by atoms with Crippen LogP contribution in [0.1, 0.15) is 31.1 Å². The number of hydrogen-bond acceptors (Lipinski definition) is 2. The van der Waals surface area contributed by atoms with Crippen molar-refractivity contribution in [1.29, 1.82) is 5.26 Å². The Morgan fingerprint density at radius 2 is 2.06 bits per heavy atom. The summed E-state index contributed by atoms with van der Waals surface area (Å²) in [6.07, 6.45) is 0. The molecule has 0 aliphatic rings. The highest BCUT2D eigenvalue weighted by Gasteiger charge is 2.31. The number of carbonyl (C=O) groups is 1. The van der Waals surface area contributed by atoms with E-state index in [0.717, 1.165) is 0 Å². The van der Waals surface area contributed by atoms with Crippen LogP contribution in [0.5, 0.6) is 0 Å². The number of carbonyl (C=O) groups excluding carboxylic acids is 1. The Bertz CT molecular complexity index is 508. The molecule has 5 heteroatoms. The maximum absolute atomic E-state index is 12.1. The Balaban J connectivity index is 3.03. The van der Waals surface area contributed by atoms with E-state index in [1.54, 1.807) is 25.1 Å². The number of nitrogens with zero attached hydrogens (tertiary/aromatic N) is 1. The van der Waals surface area contributed by atoms with E-state index in [1.165, 1.54) is 0 Å².